The Balaban J connectivity index is 3.21. The van der Waals surface area contributed by atoms with Crippen LogP contribution in [0.25, 0.3) is 0 Å². The number of hydrogen-bond acceptors (Lipinski definition) is 3. The molecule has 0 bridgehead atoms. The second-order valence-electron chi connectivity index (χ2n) is 5.33. The zero-order chi connectivity index (χ0) is 13.9. The predicted octanol–water partition coefficient (Wildman–Crippen LogP) is 2.84. The maximum Gasteiger partial charge on any atom is 0.269 e. The Morgan fingerprint density at radius 2 is 2.06 bits per heavy atom. The molecule has 0 fully saturated rings. The fourth-order valence-corrected chi connectivity index (χ4v) is 2.46. The van der Waals surface area contributed by atoms with Crippen LogP contribution in [0.4, 0.5) is 0 Å². The van der Waals surface area contributed by atoms with Crippen LogP contribution in [-0.4, -0.2) is 12.1 Å². The van der Waals surface area contributed by atoms with Gasteiger partial charge in [0.25, 0.3) is 5.56 Å². The molecule has 0 spiro atoms. The minimum Gasteiger partial charge on any atom is -0.494 e. The van der Waals surface area contributed by atoms with Gasteiger partial charge in [-0.3, -0.25) is 4.79 Å². The van der Waals surface area contributed by atoms with Crippen LogP contribution in [0.2, 0.25) is 0 Å². The van der Waals surface area contributed by atoms with Crippen LogP contribution in [-0.2, 0) is 6.42 Å². The third-order valence-corrected chi connectivity index (χ3v) is 3.76. The van der Waals surface area contributed by atoms with Gasteiger partial charge in [0.2, 0.25) is 0 Å². The molecular weight excluding hydrogens is 343 g/mol. The Bertz CT molecular complexity index is 536. The van der Waals surface area contributed by atoms with Crippen molar-refractivity contribution in [1.82, 2.24) is 4.98 Å². The number of nitrogens with zero attached hydrogens (tertiary/aromatic N) is 1. The highest BCUT2D eigenvalue weighted by Gasteiger charge is 2.18. The monoisotopic (exact) mass is 360 g/mol. The molecule has 0 atom stereocenters. The number of nitrogens with one attached hydrogen (secondary N) is 1. The van der Waals surface area contributed by atoms with E-state index in [9.17, 15) is 4.79 Å². The first kappa shape index (κ1) is 15.0. The standard InChI is InChI=1S/C13H17IN2O2/c1-13(2,3)6-5-9-10(14)11(18-4)8(7-15)12(17)16-9/h5-6H2,1-4H3,(H,16,17). The van der Waals surface area contributed by atoms with E-state index < -0.39 is 0 Å². The first-order valence-corrected chi connectivity index (χ1v) is 6.76. The van der Waals surface area contributed by atoms with Gasteiger partial charge in [-0.1, -0.05) is 20.8 Å². The number of H-pyrrole nitrogens is 1. The summed E-state index contributed by atoms with van der Waals surface area (Å²) in [6, 6.07) is 1.88. The number of aromatic nitrogens is 1. The Morgan fingerprint density at radius 3 is 2.50 bits per heavy atom. The van der Waals surface area contributed by atoms with E-state index in [2.05, 4.69) is 48.3 Å². The summed E-state index contributed by atoms with van der Waals surface area (Å²) in [6.45, 7) is 6.45. The van der Waals surface area contributed by atoms with Crippen LogP contribution < -0.4 is 10.3 Å². The molecule has 1 aromatic rings. The highest BCUT2D eigenvalue weighted by molar-refractivity contribution is 14.1. The summed E-state index contributed by atoms with van der Waals surface area (Å²) in [5.74, 6) is 0.380. The molecule has 0 saturated heterocycles. The van der Waals surface area contributed by atoms with Crippen LogP contribution in [0, 0.1) is 20.3 Å². The molecule has 0 aliphatic carbocycles. The number of methoxy groups -OCH3 is 1. The van der Waals surface area contributed by atoms with Crippen LogP contribution in [0.3, 0.4) is 0 Å². The average molecular weight is 360 g/mol. The summed E-state index contributed by atoms with van der Waals surface area (Å²) in [6.07, 6.45) is 1.72. The predicted molar refractivity (Wildman–Crippen MR) is 78.8 cm³/mol. The van der Waals surface area contributed by atoms with E-state index in [1.165, 1.54) is 7.11 Å². The maximum atomic E-state index is 11.8. The first-order valence-electron chi connectivity index (χ1n) is 5.69. The highest BCUT2D eigenvalue weighted by Crippen LogP contribution is 2.28. The lowest BCUT2D eigenvalue weighted by Crippen LogP contribution is -2.18. The number of aromatic amines is 1. The van der Waals surface area contributed by atoms with Crippen molar-refractivity contribution in [2.75, 3.05) is 7.11 Å². The fourth-order valence-electron chi connectivity index (χ4n) is 1.57. The molecule has 18 heavy (non-hydrogen) atoms. The van der Waals surface area contributed by atoms with Crippen LogP contribution in [0.1, 0.15) is 38.4 Å². The summed E-state index contributed by atoms with van der Waals surface area (Å²) in [7, 11) is 1.48. The Kier molecular flexibility index (Phi) is 4.79. The van der Waals surface area contributed by atoms with Gasteiger partial charge in [-0.15, -0.1) is 0 Å². The molecule has 5 heteroatoms. The van der Waals surface area contributed by atoms with E-state index in [4.69, 9.17) is 10.00 Å². The number of halogens is 1. The van der Waals surface area contributed by atoms with E-state index in [0.29, 0.717) is 5.75 Å². The highest BCUT2D eigenvalue weighted by atomic mass is 127. The molecule has 1 rings (SSSR count). The lowest BCUT2D eigenvalue weighted by atomic mass is 9.90. The molecule has 4 nitrogen and oxygen atoms in total. The summed E-state index contributed by atoms with van der Waals surface area (Å²) in [5, 5.41) is 8.95. The van der Waals surface area contributed by atoms with Crippen molar-refractivity contribution in [3.63, 3.8) is 0 Å². The van der Waals surface area contributed by atoms with Gasteiger partial charge in [0.05, 0.1) is 10.7 Å². The second-order valence-corrected chi connectivity index (χ2v) is 6.41. The van der Waals surface area contributed by atoms with Crippen molar-refractivity contribution in [3.05, 3.63) is 25.2 Å². The number of pyridine rings is 1. The van der Waals surface area contributed by atoms with Gasteiger partial charge >= 0.3 is 0 Å². The molecule has 0 aliphatic heterocycles. The minimum atomic E-state index is -0.376. The largest absolute Gasteiger partial charge is 0.494 e. The van der Waals surface area contributed by atoms with E-state index in [0.717, 1.165) is 22.1 Å². The summed E-state index contributed by atoms with van der Waals surface area (Å²) >= 11 is 2.11. The van der Waals surface area contributed by atoms with E-state index in [1.54, 1.807) is 0 Å². The van der Waals surface area contributed by atoms with Gasteiger partial charge in [-0.25, -0.2) is 0 Å². The molecular formula is C13H17IN2O2. The Labute approximate surface area is 121 Å². The number of rotatable bonds is 3. The van der Waals surface area contributed by atoms with E-state index in [1.807, 2.05) is 6.07 Å². The van der Waals surface area contributed by atoms with Gasteiger partial charge in [-0.2, -0.15) is 5.26 Å². The summed E-state index contributed by atoms with van der Waals surface area (Å²) in [5.41, 5.74) is 0.702. The molecule has 98 valence electrons. The van der Waals surface area contributed by atoms with Gasteiger partial charge in [-0.05, 0) is 40.8 Å². The topological polar surface area (TPSA) is 65.9 Å². The molecule has 0 unspecified atom stereocenters. The van der Waals surface area contributed by atoms with Crippen molar-refractivity contribution in [2.24, 2.45) is 5.41 Å². The van der Waals surface area contributed by atoms with Gasteiger partial charge in [0, 0.05) is 5.69 Å². The smallest absolute Gasteiger partial charge is 0.269 e. The second kappa shape index (κ2) is 5.74. The Morgan fingerprint density at radius 1 is 1.44 bits per heavy atom. The average Bonchev–Trinajstić information content (AvgIpc) is 2.28. The van der Waals surface area contributed by atoms with E-state index >= 15 is 0 Å². The first-order chi connectivity index (χ1) is 8.30. The zero-order valence-electron chi connectivity index (χ0n) is 11.1. The number of nitriles is 1. The van der Waals surface area contributed by atoms with Crippen molar-refractivity contribution in [2.45, 2.75) is 33.6 Å². The lowest BCUT2D eigenvalue weighted by molar-refractivity contribution is 0.373. The third-order valence-electron chi connectivity index (χ3n) is 2.62. The lowest BCUT2D eigenvalue weighted by Gasteiger charge is -2.18. The number of hydrogen-bond donors (Lipinski definition) is 1. The summed E-state index contributed by atoms with van der Waals surface area (Å²) in [4.78, 5) is 14.5. The van der Waals surface area contributed by atoms with Crippen molar-refractivity contribution < 1.29 is 4.74 Å². The Hall–Kier alpha value is -1.03. The van der Waals surface area contributed by atoms with Crippen molar-refractivity contribution >= 4 is 22.6 Å². The minimum absolute atomic E-state index is 0.0430. The fraction of sp³-hybridized carbons (Fsp3) is 0.538. The molecule has 0 saturated carbocycles. The molecule has 1 aromatic heterocycles. The van der Waals surface area contributed by atoms with Gasteiger partial charge < -0.3 is 9.72 Å². The SMILES string of the molecule is COc1c(I)c(CCC(C)(C)C)[nH]c(=O)c1C#N. The van der Waals surface area contributed by atoms with Crippen molar-refractivity contribution in [3.8, 4) is 11.8 Å². The molecule has 0 radical (unpaired) electrons. The molecule has 1 N–H and O–H groups in total. The number of ether oxygens (including phenoxy) is 1. The molecule has 0 amide bonds. The molecule has 0 aliphatic rings. The van der Waals surface area contributed by atoms with Crippen LogP contribution in [0.15, 0.2) is 4.79 Å². The van der Waals surface area contributed by atoms with E-state index in [-0.39, 0.29) is 16.5 Å². The van der Waals surface area contributed by atoms with Crippen LogP contribution in [0.5, 0.6) is 5.75 Å². The molecule has 1 heterocycles. The maximum absolute atomic E-state index is 11.8. The van der Waals surface area contributed by atoms with Gasteiger partial charge in [0.1, 0.15) is 6.07 Å². The third kappa shape index (κ3) is 3.48. The normalized spacial score (nSPS) is 11.1. The van der Waals surface area contributed by atoms with Crippen LogP contribution >= 0.6 is 22.6 Å². The summed E-state index contributed by atoms with van der Waals surface area (Å²) < 4.78 is 5.99. The zero-order valence-corrected chi connectivity index (χ0v) is 13.2. The quantitative estimate of drug-likeness (QED) is 0.843. The number of aryl methyl sites for hydroxylation is 1. The van der Waals surface area contributed by atoms with Crippen molar-refractivity contribution in [1.29, 1.82) is 5.26 Å². The molecule has 0 aromatic carbocycles. The van der Waals surface area contributed by atoms with Gasteiger partial charge in [0.15, 0.2) is 11.3 Å².